The van der Waals surface area contributed by atoms with E-state index < -0.39 is 16.4 Å². The van der Waals surface area contributed by atoms with E-state index >= 15 is 0 Å². The molecule has 0 spiro atoms. The van der Waals surface area contributed by atoms with Gasteiger partial charge in [-0.15, -0.1) is 0 Å². The van der Waals surface area contributed by atoms with Crippen LogP contribution in [0.3, 0.4) is 0 Å². The van der Waals surface area contributed by atoms with Gasteiger partial charge in [-0.3, -0.25) is 10.1 Å². The third-order valence-corrected chi connectivity index (χ3v) is 2.44. The number of hydrogen-bond donors (Lipinski definition) is 0. The lowest BCUT2D eigenvalue weighted by molar-refractivity contribution is -0.386. The fraction of sp³-hybridized carbons (Fsp3) is 0.0909. The molecule has 0 amide bonds. The summed E-state index contributed by atoms with van der Waals surface area (Å²) in [6.07, 6.45) is 0.930. The number of benzene rings is 1. The van der Waals surface area contributed by atoms with Crippen LogP contribution in [-0.2, 0) is 0 Å². The van der Waals surface area contributed by atoms with Crippen molar-refractivity contribution >= 4 is 17.3 Å². The number of halogens is 2. The summed E-state index contributed by atoms with van der Waals surface area (Å²) in [7, 11) is 0. The topological polar surface area (TPSA) is 78.2 Å². The molecule has 1 heterocycles. The zero-order valence-electron chi connectivity index (χ0n) is 9.63. The van der Waals surface area contributed by atoms with Crippen LogP contribution in [0.1, 0.15) is 5.56 Å². The molecule has 0 aliphatic heterocycles. The van der Waals surface area contributed by atoms with Gasteiger partial charge in [-0.05, 0) is 30.2 Å². The molecule has 6 nitrogen and oxygen atoms in total. The summed E-state index contributed by atoms with van der Waals surface area (Å²) >= 11 is 5.56. The third kappa shape index (κ3) is 2.94. The first-order valence-electron chi connectivity index (χ1n) is 5.08. The average molecular weight is 284 g/mol. The van der Waals surface area contributed by atoms with Crippen LogP contribution in [0.15, 0.2) is 24.4 Å². The highest BCUT2D eigenvalue weighted by Gasteiger charge is 2.20. The quantitative estimate of drug-likeness (QED) is 0.491. The van der Waals surface area contributed by atoms with Gasteiger partial charge < -0.3 is 4.74 Å². The Balaban J connectivity index is 2.45. The highest BCUT2D eigenvalue weighted by atomic mass is 35.5. The Bertz CT molecular complexity index is 651. The maximum Gasteiger partial charge on any atom is 0.349 e. The van der Waals surface area contributed by atoms with Crippen molar-refractivity contribution in [3.8, 4) is 11.6 Å². The zero-order chi connectivity index (χ0) is 14.0. The SMILES string of the molecule is Cc1ccc(F)cc1Oc1nc(Cl)ncc1[N+](=O)[O-]. The van der Waals surface area contributed by atoms with Gasteiger partial charge in [0.25, 0.3) is 0 Å². The molecule has 0 saturated carbocycles. The molecule has 0 saturated heterocycles. The minimum atomic E-state index is -0.708. The normalized spacial score (nSPS) is 10.3. The molecule has 0 unspecified atom stereocenters. The second-order valence-corrected chi connectivity index (χ2v) is 3.94. The lowest BCUT2D eigenvalue weighted by Crippen LogP contribution is -1.99. The number of nitro groups is 1. The van der Waals surface area contributed by atoms with Gasteiger partial charge in [-0.25, -0.2) is 9.37 Å². The minimum absolute atomic E-state index is 0.123. The third-order valence-electron chi connectivity index (χ3n) is 2.26. The smallest absolute Gasteiger partial charge is 0.349 e. The molecule has 1 aromatic carbocycles. The molecule has 1 aromatic heterocycles. The number of rotatable bonds is 3. The number of ether oxygens (including phenoxy) is 1. The summed E-state index contributed by atoms with van der Waals surface area (Å²) in [6, 6.07) is 3.85. The lowest BCUT2D eigenvalue weighted by Gasteiger charge is -2.07. The second kappa shape index (κ2) is 5.15. The van der Waals surface area contributed by atoms with Crippen LogP contribution in [0.25, 0.3) is 0 Å². The number of aromatic nitrogens is 2. The molecule has 0 radical (unpaired) electrons. The van der Waals surface area contributed by atoms with Crippen LogP contribution in [-0.4, -0.2) is 14.9 Å². The molecule has 0 bridgehead atoms. The van der Waals surface area contributed by atoms with E-state index in [1.54, 1.807) is 6.92 Å². The fourth-order valence-electron chi connectivity index (χ4n) is 1.33. The standard InChI is InChI=1S/C11H7ClFN3O3/c1-6-2-3-7(13)4-9(6)19-10-8(16(17)18)5-14-11(12)15-10/h2-5H,1H3. The predicted molar refractivity (Wildman–Crippen MR) is 64.9 cm³/mol. The molecule has 0 atom stereocenters. The van der Waals surface area contributed by atoms with Gasteiger partial charge in [-0.1, -0.05) is 6.07 Å². The van der Waals surface area contributed by atoms with E-state index in [1.165, 1.54) is 12.1 Å². The maximum absolute atomic E-state index is 13.1. The first kappa shape index (κ1) is 13.2. The van der Waals surface area contributed by atoms with Gasteiger partial charge in [0.2, 0.25) is 5.28 Å². The molecule has 19 heavy (non-hydrogen) atoms. The summed E-state index contributed by atoms with van der Waals surface area (Å²) in [5.74, 6) is -0.736. The van der Waals surface area contributed by atoms with E-state index in [0.29, 0.717) is 5.56 Å². The van der Waals surface area contributed by atoms with Crippen LogP contribution < -0.4 is 4.74 Å². The molecule has 8 heteroatoms. The fourth-order valence-corrected chi connectivity index (χ4v) is 1.45. The monoisotopic (exact) mass is 283 g/mol. The first-order chi connectivity index (χ1) is 8.97. The molecule has 0 N–H and O–H groups in total. The Morgan fingerprint density at radius 1 is 1.47 bits per heavy atom. The van der Waals surface area contributed by atoms with Crippen molar-refractivity contribution in [1.82, 2.24) is 9.97 Å². The van der Waals surface area contributed by atoms with Gasteiger partial charge in [0.15, 0.2) is 0 Å². The molecule has 0 fully saturated rings. The van der Waals surface area contributed by atoms with E-state index in [9.17, 15) is 14.5 Å². The summed E-state index contributed by atoms with van der Waals surface area (Å²) in [6.45, 7) is 1.67. The predicted octanol–water partition coefficient (Wildman–Crippen LogP) is 3.28. The van der Waals surface area contributed by atoms with Gasteiger partial charge >= 0.3 is 11.6 Å². The Hall–Kier alpha value is -2.28. The van der Waals surface area contributed by atoms with E-state index in [2.05, 4.69) is 9.97 Å². The van der Waals surface area contributed by atoms with Crippen LogP contribution >= 0.6 is 11.6 Å². The summed E-state index contributed by atoms with van der Waals surface area (Å²) in [5.41, 5.74) is 0.151. The van der Waals surface area contributed by atoms with E-state index in [0.717, 1.165) is 12.3 Å². The zero-order valence-corrected chi connectivity index (χ0v) is 10.4. The number of hydrogen-bond acceptors (Lipinski definition) is 5. The van der Waals surface area contributed by atoms with Crippen molar-refractivity contribution in [2.75, 3.05) is 0 Å². The molecule has 2 aromatic rings. The van der Waals surface area contributed by atoms with Crippen molar-refractivity contribution in [1.29, 1.82) is 0 Å². The van der Waals surface area contributed by atoms with Crippen molar-refractivity contribution < 1.29 is 14.1 Å². The molecule has 2 rings (SSSR count). The van der Waals surface area contributed by atoms with Gasteiger partial charge in [0.05, 0.1) is 4.92 Å². The maximum atomic E-state index is 13.1. The Morgan fingerprint density at radius 2 is 2.21 bits per heavy atom. The van der Waals surface area contributed by atoms with Crippen molar-refractivity contribution in [3.05, 3.63) is 51.2 Å². The average Bonchev–Trinajstić information content (AvgIpc) is 2.33. The van der Waals surface area contributed by atoms with Crippen LogP contribution in [0.4, 0.5) is 10.1 Å². The molecule has 98 valence electrons. The summed E-state index contributed by atoms with van der Waals surface area (Å²) < 4.78 is 18.4. The number of nitrogens with zero attached hydrogens (tertiary/aromatic N) is 3. The first-order valence-corrected chi connectivity index (χ1v) is 5.46. The van der Waals surface area contributed by atoms with Crippen LogP contribution in [0.5, 0.6) is 11.6 Å². The largest absolute Gasteiger partial charge is 0.433 e. The highest BCUT2D eigenvalue weighted by Crippen LogP contribution is 2.31. The van der Waals surface area contributed by atoms with Crippen molar-refractivity contribution in [2.45, 2.75) is 6.92 Å². The summed E-state index contributed by atoms with van der Waals surface area (Å²) in [5, 5.41) is 10.6. The van der Waals surface area contributed by atoms with E-state index in [4.69, 9.17) is 16.3 Å². The highest BCUT2D eigenvalue weighted by molar-refractivity contribution is 6.28. The molecule has 0 aliphatic carbocycles. The van der Waals surface area contributed by atoms with Crippen molar-refractivity contribution in [3.63, 3.8) is 0 Å². The summed E-state index contributed by atoms with van der Waals surface area (Å²) in [4.78, 5) is 17.2. The second-order valence-electron chi connectivity index (χ2n) is 3.60. The number of aryl methyl sites for hydroxylation is 1. The van der Waals surface area contributed by atoms with Gasteiger partial charge in [-0.2, -0.15) is 4.98 Å². The van der Waals surface area contributed by atoms with E-state index in [1.807, 2.05) is 0 Å². The van der Waals surface area contributed by atoms with Crippen molar-refractivity contribution in [2.24, 2.45) is 0 Å². The van der Waals surface area contributed by atoms with Gasteiger partial charge in [0, 0.05) is 6.07 Å². The Morgan fingerprint density at radius 3 is 2.89 bits per heavy atom. The van der Waals surface area contributed by atoms with Crippen LogP contribution in [0.2, 0.25) is 5.28 Å². The Labute approximate surface area is 112 Å². The lowest BCUT2D eigenvalue weighted by atomic mass is 10.2. The Kier molecular flexibility index (Phi) is 3.57. The molecular formula is C11H7ClFN3O3. The van der Waals surface area contributed by atoms with Gasteiger partial charge in [0.1, 0.15) is 17.8 Å². The van der Waals surface area contributed by atoms with Crippen LogP contribution in [0, 0.1) is 22.9 Å². The minimum Gasteiger partial charge on any atom is -0.433 e. The van der Waals surface area contributed by atoms with E-state index in [-0.39, 0.29) is 16.9 Å². The molecular weight excluding hydrogens is 277 g/mol. The molecule has 0 aliphatic rings.